The van der Waals surface area contributed by atoms with Gasteiger partial charge in [0.25, 0.3) is 6.71 Å². The Hall–Kier alpha value is -10.3. The summed E-state index contributed by atoms with van der Waals surface area (Å²) in [4.78, 5) is 2.53. The van der Waals surface area contributed by atoms with Crippen molar-refractivity contribution < 1.29 is 8.83 Å². The van der Waals surface area contributed by atoms with Crippen molar-refractivity contribution in [2.45, 2.75) is 0 Å². The highest BCUT2D eigenvalue weighted by atomic mass is 16.3. The Labute approximate surface area is 447 Å². The summed E-state index contributed by atoms with van der Waals surface area (Å²) in [5, 5.41) is 9.15. The van der Waals surface area contributed by atoms with Gasteiger partial charge in [0.15, 0.2) is 11.2 Å². The summed E-state index contributed by atoms with van der Waals surface area (Å²) in [6.45, 7) is -0.258. The van der Waals surface area contributed by atoms with E-state index in [1.165, 1.54) is 76.7 Å². The van der Waals surface area contributed by atoms with Crippen LogP contribution >= 0.6 is 0 Å². The van der Waals surface area contributed by atoms with E-state index in [0.717, 1.165) is 89.0 Å². The van der Waals surface area contributed by atoms with Gasteiger partial charge in [-0.25, -0.2) is 0 Å². The molecule has 0 amide bonds. The van der Waals surface area contributed by atoms with Crippen molar-refractivity contribution in [1.82, 2.24) is 9.13 Å². The van der Waals surface area contributed by atoms with Crippen LogP contribution in [0.1, 0.15) is 0 Å². The van der Waals surface area contributed by atoms with Gasteiger partial charge in [-0.05, 0) is 105 Å². The number of furan rings is 2. The molecule has 0 atom stereocenters. The zero-order valence-corrected chi connectivity index (χ0v) is 42.0. The standard InChI is InChI=1S/C72H42BN3O2/c1-4-18-43(19-5-1)46-32-34-52-55-37-35-48(44-20-6-2-7-21-44)66-68(55)75(62(52)40-46)63-42-57-54-27-13-17-31-65(54)78-72(57)70-67(63)73(66)58-41-47(74-59-28-14-10-24-50(59)51-25-11-15-29-60(51)74)33-39-61(58)76(70)69-49(45-22-8-3-9-23-45)36-38-56-53-26-12-16-30-64(53)77-71(56)69/h1-42H. The minimum atomic E-state index is -0.258. The second-order valence-electron chi connectivity index (χ2n) is 21.0. The maximum Gasteiger partial charge on any atom is 0.253 e. The molecule has 6 heterocycles. The molecule has 360 valence electrons. The highest BCUT2D eigenvalue weighted by molar-refractivity contribution is 7.01. The molecule has 0 saturated carbocycles. The van der Waals surface area contributed by atoms with Gasteiger partial charge in [0.2, 0.25) is 0 Å². The quantitative estimate of drug-likeness (QED) is 0.161. The van der Waals surface area contributed by atoms with E-state index < -0.39 is 0 Å². The van der Waals surface area contributed by atoms with Crippen LogP contribution in [0.2, 0.25) is 0 Å². The molecule has 0 N–H and O–H groups in total. The van der Waals surface area contributed by atoms with E-state index in [9.17, 15) is 0 Å². The van der Waals surface area contributed by atoms with Gasteiger partial charge in [-0.2, -0.15) is 0 Å². The van der Waals surface area contributed by atoms with Crippen LogP contribution in [-0.2, 0) is 0 Å². The van der Waals surface area contributed by atoms with Crippen LogP contribution in [0.25, 0.3) is 132 Å². The SMILES string of the molecule is c1ccc(-c2ccc3c4ccc(-c5ccccc5)c5c4n(c3c2)-c2cc3c(oc4ccccc43)c3c2B5c2cc(-n4c5ccccc5c5ccccc54)ccc2N3c2c(-c3ccccc3)ccc3c2oc2ccccc23)cc1. The average molecular weight is 992 g/mol. The zero-order chi connectivity index (χ0) is 50.7. The average Bonchev–Trinajstić information content (AvgIpc) is 3.21. The van der Waals surface area contributed by atoms with E-state index in [2.05, 4.69) is 269 Å². The molecular formula is C72H42BN3O2. The molecule has 2 aliphatic rings. The monoisotopic (exact) mass is 991 g/mol. The van der Waals surface area contributed by atoms with Crippen molar-refractivity contribution in [2.24, 2.45) is 0 Å². The topological polar surface area (TPSA) is 39.4 Å². The molecular weight excluding hydrogens is 950 g/mol. The van der Waals surface area contributed by atoms with Crippen molar-refractivity contribution in [3.05, 3.63) is 255 Å². The first-order chi connectivity index (χ1) is 38.7. The van der Waals surface area contributed by atoms with Crippen molar-refractivity contribution >= 4 is 128 Å². The minimum absolute atomic E-state index is 0.258. The molecule has 2 aliphatic heterocycles. The number of nitrogens with zero attached hydrogens (tertiary/aromatic N) is 3. The lowest BCUT2D eigenvalue weighted by molar-refractivity contribution is 0.666. The normalized spacial score (nSPS) is 12.8. The molecule has 12 aromatic carbocycles. The van der Waals surface area contributed by atoms with E-state index in [1.807, 2.05) is 0 Å². The fourth-order valence-electron chi connectivity index (χ4n) is 13.9. The maximum atomic E-state index is 7.42. The van der Waals surface area contributed by atoms with Crippen molar-refractivity contribution in [3.8, 4) is 44.8 Å². The molecule has 0 spiro atoms. The van der Waals surface area contributed by atoms with Gasteiger partial charge >= 0.3 is 0 Å². The Morgan fingerprint density at radius 2 is 0.846 bits per heavy atom. The van der Waals surface area contributed by atoms with Crippen LogP contribution in [0.15, 0.2) is 264 Å². The Morgan fingerprint density at radius 3 is 1.54 bits per heavy atom. The third-order valence-corrected chi connectivity index (χ3v) is 17.1. The predicted molar refractivity (Wildman–Crippen MR) is 325 cm³/mol. The van der Waals surface area contributed by atoms with Gasteiger partial charge in [0.1, 0.15) is 11.2 Å². The molecule has 6 heteroatoms. The Balaban J connectivity index is 1.07. The van der Waals surface area contributed by atoms with Gasteiger partial charge < -0.3 is 22.9 Å². The number of rotatable bonds is 5. The summed E-state index contributed by atoms with van der Waals surface area (Å²) in [6, 6.07) is 93.3. The molecule has 0 aliphatic carbocycles. The third-order valence-electron chi connectivity index (χ3n) is 17.1. The summed E-state index contributed by atoms with van der Waals surface area (Å²) in [6.07, 6.45) is 0. The molecule has 16 aromatic rings. The maximum absolute atomic E-state index is 7.42. The molecule has 18 rings (SSSR count). The second-order valence-corrected chi connectivity index (χ2v) is 21.0. The Morgan fingerprint density at radius 1 is 0.308 bits per heavy atom. The summed E-state index contributed by atoms with van der Waals surface area (Å²) in [5.41, 5.74) is 23.8. The van der Waals surface area contributed by atoms with Gasteiger partial charge in [0, 0.05) is 71.2 Å². The first kappa shape index (κ1) is 42.0. The number of para-hydroxylation sites is 4. The number of hydrogen-bond acceptors (Lipinski definition) is 3. The van der Waals surface area contributed by atoms with Crippen LogP contribution in [0.3, 0.4) is 0 Å². The largest absolute Gasteiger partial charge is 0.454 e. The smallest absolute Gasteiger partial charge is 0.253 e. The molecule has 5 nitrogen and oxygen atoms in total. The lowest BCUT2D eigenvalue weighted by atomic mass is 9.33. The number of hydrogen-bond donors (Lipinski definition) is 0. The van der Waals surface area contributed by atoms with Crippen molar-refractivity contribution in [3.63, 3.8) is 0 Å². The zero-order valence-electron chi connectivity index (χ0n) is 42.0. The summed E-state index contributed by atoms with van der Waals surface area (Å²) in [7, 11) is 0. The van der Waals surface area contributed by atoms with Crippen LogP contribution in [0.5, 0.6) is 0 Å². The highest BCUT2D eigenvalue weighted by Gasteiger charge is 2.46. The first-order valence-corrected chi connectivity index (χ1v) is 26.9. The molecule has 78 heavy (non-hydrogen) atoms. The van der Waals surface area contributed by atoms with Gasteiger partial charge in [0.05, 0.1) is 27.9 Å². The van der Waals surface area contributed by atoms with Crippen molar-refractivity contribution in [2.75, 3.05) is 4.90 Å². The first-order valence-electron chi connectivity index (χ1n) is 26.9. The van der Waals surface area contributed by atoms with E-state index in [0.29, 0.717) is 0 Å². The van der Waals surface area contributed by atoms with Gasteiger partial charge in [-0.15, -0.1) is 0 Å². The van der Waals surface area contributed by atoms with Crippen molar-refractivity contribution in [1.29, 1.82) is 0 Å². The Bertz CT molecular complexity index is 5170. The molecule has 0 unspecified atom stereocenters. The molecule has 0 radical (unpaired) electrons. The number of anilines is 3. The van der Waals surface area contributed by atoms with E-state index in [-0.39, 0.29) is 6.71 Å². The lowest BCUT2D eigenvalue weighted by Crippen LogP contribution is -2.61. The van der Waals surface area contributed by atoms with Crippen LogP contribution in [0, 0.1) is 0 Å². The van der Waals surface area contributed by atoms with E-state index in [1.54, 1.807) is 0 Å². The third kappa shape index (κ3) is 5.60. The van der Waals surface area contributed by atoms with Gasteiger partial charge in [-0.1, -0.05) is 194 Å². The number of benzene rings is 12. The number of fused-ring (bicyclic) bond motifs is 17. The fraction of sp³-hybridized carbons (Fsp3) is 0. The second kappa shape index (κ2) is 15.6. The van der Waals surface area contributed by atoms with Crippen LogP contribution in [0.4, 0.5) is 17.1 Å². The van der Waals surface area contributed by atoms with E-state index in [4.69, 9.17) is 8.83 Å². The molecule has 0 fully saturated rings. The lowest BCUT2D eigenvalue weighted by Gasteiger charge is -2.41. The predicted octanol–water partition coefficient (Wildman–Crippen LogP) is 17.3. The summed E-state index contributed by atoms with van der Waals surface area (Å²) >= 11 is 0. The molecule has 4 aromatic heterocycles. The van der Waals surface area contributed by atoms with Crippen LogP contribution < -0.4 is 21.3 Å². The van der Waals surface area contributed by atoms with E-state index >= 15 is 0 Å². The summed E-state index contributed by atoms with van der Waals surface area (Å²) in [5.74, 6) is 0. The molecule has 0 saturated heterocycles. The van der Waals surface area contributed by atoms with Gasteiger partial charge in [-0.3, -0.25) is 0 Å². The highest BCUT2D eigenvalue weighted by Crippen LogP contribution is 2.53. The number of aromatic nitrogens is 2. The van der Waals surface area contributed by atoms with Crippen LogP contribution in [-0.4, -0.2) is 15.8 Å². The minimum Gasteiger partial charge on any atom is -0.454 e. The fourth-order valence-corrected chi connectivity index (χ4v) is 13.9. The molecule has 0 bridgehead atoms. The Kier molecular flexibility index (Phi) is 8.42. The summed E-state index contributed by atoms with van der Waals surface area (Å²) < 4.78 is 19.8.